The third-order valence-corrected chi connectivity index (χ3v) is 5.22. The van der Waals surface area contributed by atoms with Gasteiger partial charge in [-0.25, -0.2) is 0 Å². The predicted molar refractivity (Wildman–Crippen MR) is 88.9 cm³/mol. The summed E-state index contributed by atoms with van der Waals surface area (Å²) in [6, 6.07) is 5.06. The highest BCUT2D eigenvalue weighted by Crippen LogP contribution is 2.38. The van der Waals surface area contributed by atoms with Crippen LogP contribution in [0.15, 0.2) is 18.2 Å². The highest BCUT2D eigenvalue weighted by Gasteiger charge is 2.45. The lowest BCUT2D eigenvalue weighted by atomic mass is 9.73. The molecule has 1 saturated carbocycles. The molecule has 7 heteroatoms. The lowest BCUT2D eigenvalue weighted by Crippen LogP contribution is -2.47. The van der Waals surface area contributed by atoms with Crippen LogP contribution in [0.4, 0.5) is 0 Å². The molecule has 3 rings (SSSR count). The Bertz CT molecular complexity index is 795. The van der Waals surface area contributed by atoms with Gasteiger partial charge in [-0.15, -0.1) is 0 Å². The number of aliphatic hydroxyl groups is 1. The Balaban J connectivity index is 1.81. The van der Waals surface area contributed by atoms with E-state index in [9.17, 15) is 13.5 Å². The minimum absolute atomic E-state index is 0.0551. The Morgan fingerprint density at radius 2 is 2.17 bits per heavy atom. The number of hydrogen-bond acceptors (Lipinski definition) is 5. The van der Waals surface area contributed by atoms with Crippen molar-refractivity contribution in [2.45, 2.75) is 44.2 Å². The lowest BCUT2D eigenvalue weighted by Gasteiger charge is -2.37. The normalized spacial score (nSPS) is 29.5. The molecule has 1 saturated heterocycles. The van der Waals surface area contributed by atoms with Crippen LogP contribution in [0.2, 0.25) is 0 Å². The topological polar surface area (TPSA) is 95.9 Å². The molecule has 3 N–H and O–H groups in total. The van der Waals surface area contributed by atoms with Gasteiger partial charge in [0.05, 0.1) is 0 Å². The molecule has 0 radical (unpaired) electrons. The molecule has 24 heavy (non-hydrogen) atoms. The maximum atomic E-state index is 10.9. The first kappa shape index (κ1) is 17.2. The van der Waals surface area contributed by atoms with E-state index in [-0.39, 0.29) is 11.7 Å². The van der Waals surface area contributed by atoms with E-state index in [2.05, 4.69) is 21.3 Å². The summed E-state index contributed by atoms with van der Waals surface area (Å²) >= 11 is 0. The highest BCUT2D eigenvalue weighted by molar-refractivity contribution is 7.81. The number of nitrogens with one attached hydrogen (secondary N) is 1. The fourth-order valence-corrected chi connectivity index (χ4v) is 4.10. The van der Waals surface area contributed by atoms with E-state index >= 15 is 0 Å². The second-order valence-electron chi connectivity index (χ2n) is 6.51. The summed E-state index contributed by atoms with van der Waals surface area (Å²) in [4.78, 5) is 0. The van der Waals surface area contributed by atoms with Gasteiger partial charge < -0.3 is 14.6 Å². The fourth-order valence-electron chi connectivity index (χ4n) is 3.69. The van der Waals surface area contributed by atoms with Gasteiger partial charge >= 0.3 is 10.4 Å². The summed E-state index contributed by atoms with van der Waals surface area (Å²) in [7, 11) is -4.54. The van der Waals surface area contributed by atoms with E-state index in [1.807, 2.05) is 0 Å². The van der Waals surface area contributed by atoms with Gasteiger partial charge in [-0.1, -0.05) is 11.8 Å². The minimum Gasteiger partial charge on any atom is -0.377 e. The van der Waals surface area contributed by atoms with Crippen LogP contribution in [0, 0.1) is 24.7 Å². The van der Waals surface area contributed by atoms with E-state index in [1.165, 1.54) is 6.07 Å². The van der Waals surface area contributed by atoms with Crippen molar-refractivity contribution in [1.29, 1.82) is 0 Å². The van der Waals surface area contributed by atoms with Gasteiger partial charge in [0.1, 0.15) is 11.4 Å². The van der Waals surface area contributed by atoms with Gasteiger partial charge in [0, 0.05) is 17.5 Å². The van der Waals surface area contributed by atoms with Crippen molar-refractivity contribution in [2.75, 3.05) is 6.54 Å². The number of rotatable bonds is 2. The smallest absolute Gasteiger partial charge is 0.377 e. The zero-order valence-corrected chi connectivity index (χ0v) is 14.3. The summed E-state index contributed by atoms with van der Waals surface area (Å²) in [5.41, 5.74) is 0.219. The molecule has 1 aromatic carbocycles. The zero-order valence-electron chi connectivity index (χ0n) is 13.4. The molecule has 0 amide bonds. The Morgan fingerprint density at radius 3 is 2.88 bits per heavy atom. The first-order chi connectivity index (χ1) is 11.3. The second-order valence-corrected chi connectivity index (χ2v) is 7.54. The van der Waals surface area contributed by atoms with E-state index < -0.39 is 16.0 Å². The monoisotopic (exact) mass is 351 g/mol. The van der Waals surface area contributed by atoms with Crippen LogP contribution in [0.25, 0.3) is 0 Å². The molecular formula is C17H21NO5S. The third kappa shape index (κ3) is 3.73. The molecule has 2 aliphatic rings. The molecule has 6 nitrogen and oxygen atoms in total. The molecule has 1 aliphatic carbocycles. The van der Waals surface area contributed by atoms with Crippen LogP contribution >= 0.6 is 0 Å². The molecule has 1 aromatic rings. The minimum atomic E-state index is -4.54. The number of fused-ring (bicyclic) bond motifs is 1. The lowest BCUT2D eigenvalue weighted by molar-refractivity contribution is 0.000966. The second kappa shape index (κ2) is 6.37. The van der Waals surface area contributed by atoms with Crippen molar-refractivity contribution >= 4 is 10.4 Å². The van der Waals surface area contributed by atoms with Crippen LogP contribution in [0.5, 0.6) is 5.75 Å². The summed E-state index contributed by atoms with van der Waals surface area (Å²) in [6.07, 6.45) is 3.62. The molecule has 130 valence electrons. The van der Waals surface area contributed by atoms with E-state index in [0.29, 0.717) is 23.6 Å². The van der Waals surface area contributed by atoms with Crippen LogP contribution in [0.3, 0.4) is 0 Å². The van der Waals surface area contributed by atoms with Crippen molar-refractivity contribution in [1.82, 2.24) is 5.32 Å². The predicted octanol–water partition coefficient (Wildman–Crippen LogP) is 1.42. The quantitative estimate of drug-likeness (QED) is 0.551. The fraction of sp³-hybridized carbons (Fsp3) is 0.529. The summed E-state index contributed by atoms with van der Waals surface area (Å²) < 4.78 is 34.8. The first-order valence-corrected chi connectivity index (χ1v) is 9.40. The van der Waals surface area contributed by atoms with E-state index in [4.69, 9.17) is 4.55 Å². The first-order valence-electron chi connectivity index (χ1n) is 8.03. The molecule has 0 aromatic heterocycles. The maximum absolute atomic E-state index is 10.9. The van der Waals surface area contributed by atoms with Crippen molar-refractivity contribution in [3.8, 4) is 17.6 Å². The molecule has 3 atom stereocenters. The van der Waals surface area contributed by atoms with E-state index in [0.717, 1.165) is 25.8 Å². The van der Waals surface area contributed by atoms with Crippen LogP contribution < -0.4 is 9.50 Å². The standard InChI is InChI=1S/C17H21NO5S/c1-12-11-13(4-5-16(12)23-24(20,21)22)6-9-17(19)8-2-3-15-14(17)7-10-18-15/h4-5,11,14-15,18-19H,2-3,7-8,10H2,1H3,(H,20,21,22)/t14-,15-,17-/m1/s1. The van der Waals surface area contributed by atoms with Crippen molar-refractivity contribution in [3.05, 3.63) is 29.3 Å². The van der Waals surface area contributed by atoms with Crippen molar-refractivity contribution in [3.63, 3.8) is 0 Å². The zero-order chi connectivity index (χ0) is 17.4. The SMILES string of the molecule is Cc1cc(C#C[C@]2(O)CCC[C@H]3NCC[C@H]32)ccc1OS(=O)(=O)O. The highest BCUT2D eigenvalue weighted by atomic mass is 32.3. The van der Waals surface area contributed by atoms with E-state index in [1.54, 1.807) is 19.1 Å². The van der Waals surface area contributed by atoms with Gasteiger partial charge in [0.25, 0.3) is 0 Å². The Labute approximate surface area is 142 Å². The van der Waals surface area contributed by atoms with Gasteiger partial charge in [0.15, 0.2) is 0 Å². The van der Waals surface area contributed by atoms with Gasteiger partial charge in [-0.2, -0.15) is 8.42 Å². The van der Waals surface area contributed by atoms with Crippen molar-refractivity contribution in [2.24, 2.45) is 5.92 Å². The Morgan fingerprint density at radius 1 is 1.38 bits per heavy atom. The average Bonchev–Trinajstić information content (AvgIpc) is 2.97. The molecule has 2 fully saturated rings. The van der Waals surface area contributed by atoms with Crippen LogP contribution in [-0.4, -0.2) is 36.3 Å². The van der Waals surface area contributed by atoms with Crippen LogP contribution in [-0.2, 0) is 10.4 Å². The number of hydrogen-bond donors (Lipinski definition) is 3. The summed E-state index contributed by atoms with van der Waals surface area (Å²) in [5, 5.41) is 14.4. The third-order valence-electron chi connectivity index (χ3n) is 4.83. The average molecular weight is 351 g/mol. The van der Waals surface area contributed by atoms with Gasteiger partial charge in [0.2, 0.25) is 0 Å². The van der Waals surface area contributed by atoms with Gasteiger partial charge in [-0.3, -0.25) is 4.55 Å². The Kier molecular flexibility index (Phi) is 4.58. The summed E-state index contributed by atoms with van der Waals surface area (Å²) in [6.45, 7) is 2.58. The Hall–Kier alpha value is -1.59. The van der Waals surface area contributed by atoms with Crippen molar-refractivity contribution < 1.29 is 22.3 Å². The molecule has 0 unspecified atom stereocenters. The maximum Gasteiger partial charge on any atom is 0.446 e. The van der Waals surface area contributed by atoms with Gasteiger partial charge in [-0.05, 0) is 62.9 Å². The molecule has 0 bridgehead atoms. The largest absolute Gasteiger partial charge is 0.446 e. The van der Waals surface area contributed by atoms with Crippen LogP contribution in [0.1, 0.15) is 36.8 Å². The molecule has 0 spiro atoms. The molecule has 1 heterocycles. The number of benzene rings is 1. The molecule has 1 aliphatic heterocycles. The molecular weight excluding hydrogens is 330 g/mol. The number of aryl methyl sites for hydroxylation is 1. The summed E-state index contributed by atoms with van der Waals surface area (Å²) in [5.74, 6) is 6.25.